The van der Waals surface area contributed by atoms with Gasteiger partial charge in [-0.05, 0) is 71.7 Å². The topological polar surface area (TPSA) is 226 Å². The van der Waals surface area contributed by atoms with Crippen LogP contribution in [0.5, 0.6) is 17.2 Å². The quantitative estimate of drug-likeness (QED) is 0.0574. The van der Waals surface area contributed by atoms with Gasteiger partial charge in [-0.15, -0.1) is 0 Å². The zero-order chi connectivity index (χ0) is 38.7. The zero-order valence-electron chi connectivity index (χ0n) is 28.8. The number of carboxylic acid groups (broad SMARTS) is 1. The van der Waals surface area contributed by atoms with Crippen molar-refractivity contribution < 1.29 is 65.9 Å². The molecular formula is C33H41F3N4O11. The number of rotatable bonds is 15. The maximum Gasteiger partial charge on any atom is 0.491 e. The minimum Gasteiger partial charge on any atom is -0.489 e. The van der Waals surface area contributed by atoms with Crippen molar-refractivity contribution in [3.8, 4) is 17.2 Å². The Morgan fingerprint density at radius 3 is 2.10 bits per heavy atom. The number of halogens is 3. The number of benzene rings is 2. The van der Waals surface area contributed by atoms with E-state index < -0.39 is 77.9 Å². The van der Waals surface area contributed by atoms with E-state index in [0.29, 0.717) is 0 Å². The first kappa shape index (κ1) is 41.6. The second kappa shape index (κ2) is 17.4. The van der Waals surface area contributed by atoms with Gasteiger partial charge in [0.1, 0.15) is 41.8 Å². The molecule has 0 radical (unpaired) electrons. The number of esters is 3. The summed E-state index contributed by atoms with van der Waals surface area (Å²) >= 11 is 0. The number of alkyl halides is 3. The summed E-state index contributed by atoms with van der Waals surface area (Å²) in [5.41, 5.74) is 3.56. The van der Waals surface area contributed by atoms with Crippen LogP contribution < -0.4 is 30.6 Å². The van der Waals surface area contributed by atoms with Gasteiger partial charge in [-0.25, -0.2) is 14.4 Å². The minimum absolute atomic E-state index is 0.109. The normalized spacial score (nSPS) is 12.2. The number of guanidine groups is 1. The van der Waals surface area contributed by atoms with E-state index >= 15 is 0 Å². The van der Waals surface area contributed by atoms with Crippen LogP contribution in [0.1, 0.15) is 70.3 Å². The van der Waals surface area contributed by atoms with Gasteiger partial charge in [-0.2, -0.15) is 13.2 Å². The number of aryl methyl sites for hydroxylation is 1. The Bertz CT molecular complexity index is 1620. The van der Waals surface area contributed by atoms with Gasteiger partial charge in [-0.3, -0.25) is 15.0 Å². The van der Waals surface area contributed by atoms with Gasteiger partial charge in [-0.1, -0.05) is 12.1 Å². The molecule has 51 heavy (non-hydrogen) atoms. The first-order valence-electron chi connectivity index (χ1n) is 15.3. The number of carbonyl (C=O) groups is 5. The molecule has 18 heteroatoms. The molecule has 0 aromatic heterocycles. The van der Waals surface area contributed by atoms with E-state index in [9.17, 15) is 42.3 Å². The van der Waals surface area contributed by atoms with E-state index in [-0.39, 0.29) is 47.8 Å². The molecule has 0 spiro atoms. The molecule has 2 rings (SSSR count). The zero-order valence-corrected chi connectivity index (χ0v) is 28.8. The standard InChI is InChI=1S/C33H41F3N4O11/c1-31(2,3)50-25(42)17-21(28(45)51-32(4,5)6)40-24(41)13-10-18-8-7-9-22(49-29(46)33(34,35)36)26(18)48-15-14-47-23-16-19(39-30(37)38)11-12-20(23)27(43)44/h7-9,11-12,16,21H,10,13-15,17H2,1-6H3,(H,40,41)(H,43,44)(H4,37,38,39). The van der Waals surface area contributed by atoms with Crippen LogP contribution in [0.2, 0.25) is 0 Å². The Balaban J connectivity index is 2.28. The van der Waals surface area contributed by atoms with Gasteiger partial charge in [0.2, 0.25) is 5.91 Å². The molecule has 0 aliphatic heterocycles. The number of hydrogen-bond donors (Lipinski definition) is 5. The van der Waals surface area contributed by atoms with Crippen LogP contribution in [0.3, 0.4) is 0 Å². The smallest absolute Gasteiger partial charge is 0.489 e. The Kier molecular flexibility index (Phi) is 14.2. The summed E-state index contributed by atoms with van der Waals surface area (Å²) in [6, 6.07) is 6.03. The number of ether oxygens (including phenoxy) is 5. The molecule has 15 nitrogen and oxygen atoms in total. The second-order valence-corrected chi connectivity index (χ2v) is 12.8. The summed E-state index contributed by atoms with van der Waals surface area (Å²) in [6.45, 7) is 8.86. The molecule has 2 aromatic rings. The third-order valence-corrected chi connectivity index (χ3v) is 6.01. The Labute approximate surface area is 291 Å². The van der Waals surface area contributed by atoms with Gasteiger partial charge in [0.25, 0.3) is 0 Å². The molecule has 0 aliphatic carbocycles. The molecule has 6 N–H and O–H groups in total. The molecule has 0 saturated carbocycles. The Morgan fingerprint density at radius 2 is 1.53 bits per heavy atom. The highest BCUT2D eigenvalue weighted by atomic mass is 19.4. The van der Waals surface area contributed by atoms with Crippen molar-refractivity contribution in [2.75, 3.05) is 18.5 Å². The van der Waals surface area contributed by atoms with E-state index in [4.69, 9.17) is 30.1 Å². The summed E-state index contributed by atoms with van der Waals surface area (Å²) in [4.78, 5) is 61.7. The van der Waals surface area contributed by atoms with Gasteiger partial charge < -0.3 is 45.2 Å². The van der Waals surface area contributed by atoms with E-state index in [1.54, 1.807) is 41.5 Å². The van der Waals surface area contributed by atoms with Crippen LogP contribution in [-0.4, -0.2) is 77.5 Å². The fourth-order valence-electron chi connectivity index (χ4n) is 4.14. The fourth-order valence-corrected chi connectivity index (χ4v) is 4.14. The fraction of sp³-hybridized carbons (Fsp3) is 0.455. The highest BCUT2D eigenvalue weighted by molar-refractivity contribution is 5.94. The molecule has 2 aromatic carbocycles. The molecule has 1 unspecified atom stereocenters. The number of hydrogen-bond acceptors (Lipinski definition) is 11. The number of nitrogens with one attached hydrogen (secondary N) is 3. The van der Waals surface area contributed by atoms with Crippen LogP contribution >= 0.6 is 0 Å². The summed E-state index contributed by atoms with van der Waals surface area (Å²) in [5, 5.41) is 21.8. The van der Waals surface area contributed by atoms with Crippen LogP contribution in [0.15, 0.2) is 36.4 Å². The number of carboxylic acids is 1. The maximum atomic E-state index is 13.1. The first-order valence-corrected chi connectivity index (χ1v) is 15.3. The summed E-state index contributed by atoms with van der Waals surface area (Å²) in [7, 11) is 0. The lowest BCUT2D eigenvalue weighted by atomic mass is 10.1. The number of nitrogens with two attached hydrogens (primary N) is 1. The average molecular weight is 727 g/mol. The van der Waals surface area contributed by atoms with Crippen molar-refractivity contribution in [1.29, 1.82) is 5.41 Å². The molecule has 0 fully saturated rings. The van der Waals surface area contributed by atoms with E-state index in [1.807, 2.05) is 0 Å². The maximum absolute atomic E-state index is 13.1. The predicted molar refractivity (Wildman–Crippen MR) is 175 cm³/mol. The first-order chi connectivity index (χ1) is 23.4. The predicted octanol–water partition coefficient (Wildman–Crippen LogP) is 4.11. The molecule has 0 bridgehead atoms. The van der Waals surface area contributed by atoms with Gasteiger partial charge in [0.05, 0.1) is 6.42 Å². The Morgan fingerprint density at radius 1 is 0.902 bits per heavy atom. The van der Waals surface area contributed by atoms with Crippen molar-refractivity contribution in [2.45, 2.75) is 84.2 Å². The van der Waals surface area contributed by atoms with Crippen molar-refractivity contribution in [1.82, 2.24) is 5.32 Å². The van der Waals surface area contributed by atoms with Crippen molar-refractivity contribution >= 4 is 41.4 Å². The second-order valence-electron chi connectivity index (χ2n) is 12.8. The third kappa shape index (κ3) is 14.8. The van der Waals surface area contributed by atoms with E-state index in [2.05, 4.69) is 15.4 Å². The third-order valence-electron chi connectivity index (χ3n) is 6.01. The summed E-state index contributed by atoms with van der Waals surface area (Å²) in [5.74, 6) is -7.89. The number of aromatic carboxylic acids is 1. The van der Waals surface area contributed by atoms with Crippen LogP contribution in [0.4, 0.5) is 18.9 Å². The van der Waals surface area contributed by atoms with E-state index in [1.165, 1.54) is 30.3 Å². The largest absolute Gasteiger partial charge is 0.491 e. The average Bonchev–Trinajstić information content (AvgIpc) is 2.96. The minimum atomic E-state index is -5.35. The lowest BCUT2D eigenvalue weighted by molar-refractivity contribution is -0.189. The van der Waals surface area contributed by atoms with Crippen molar-refractivity contribution in [2.24, 2.45) is 5.73 Å². The molecule has 0 aliphatic rings. The monoisotopic (exact) mass is 726 g/mol. The van der Waals surface area contributed by atoms with Crippen molar-refractivity contribution in [3.63, 3.8) is 0 Å². The van der Waals surface area contributed by atoms with Gasteiger partial charge >= 0.3 is 30.1 Å². The number of amides is 1. The number of anilines is 1. The summed E-state index contributed by atoms with van der Waals surface area (Å²) < 4.78 is 65.5. The number of para-hydroxylation sites is 1. The van der Waals surface area contributed by atoms with Gasteiger partial charge in [0.15, 0.2) is 17.5 Å². The molecular weight excluding hydrogens is 685 g/mol. The van der Waals surface area contributed by atoms with Crippen molar-refractivity contribution in [3.05, 3.63) is 47.5 Å². The van der Waals surface area contributed by atoms with Crippen LogP contribution in [0, 0.1) is 5.41 Å². The van der Waals surface area contributed by atoms with Crippen LogP contribution in [-0.2, 0) is 35.1 Å². The molecule has 1 atom stereocenters. The highest BCUT2D eigenvalue weighted by Crippen LogP contribution is 2.34. The Hall–Kier alpha value is -5.55. The lowest BCUT2D eigenvalue weighted by Crippen LogP contribution is -2.46. The molecule has 1 amide bonds. The SMILES string of the molecule is CC(C)(C)OC(=O)CC(NC(=O)CCc1cccc(OC(=O)C(F)(F)F)c1OCCOc1cc(NC(=N)N)ccc1C(=O)O)C(=O)OC(C)(C)C. The highest BCUT2D eigenvalue weighted by Gasteiger charge is 2.42. The molecule has 0 saturated heterocycles. The van der Waals surface area contributed by atoms with Gasteiger partial charge in [0, 0.05) is 18.2 Å². The molecule has 0 heterocycles. The van der Waals surface area contributed by atoms with Crippen LogP contribution in [0.25, 0.3) is 0 Å². The lowest BCUT2D eigenvalue weighted by Gasteiger charge is -2.25. The molecule has 280 valence electrons. The number of carbonyl (C=O) groups excluding carboxylic acids is 4. The van der Waals surface area contributed by atoms with E-state index in [0.717, 1.165) is 6.07 Å². The summed E-state index contributed by atoms with van der Waals surface area (Å²) in [6.07, 6.45) is -6.50.